The zero-order valence-corrected chi connectivity index (χ0v) is 11.3. The number of para-hydroxylation sites is 1. The molecule has 0 heterocycles. The van der Waals surface area contributed by atoms with Crippen molar-refractivity contribution in [3.8, 4) is 5.75 Å². The van der Waals surface area contributed by atoms with Crippen LogP contribution in [0, 0.1) is 20.8 Å². The third kappa shape index (κ3) is 2.94. The summed E-state index contributed by atoms with van der Waals surface area (Å²) in [4.78, 5) is 12.1. The van der Waals surface area contributed by atoms with Gasteiger partial charge in [0.25, 0.3) is 5.91 Å². The smallest absolute Gasteiger partial charge is 0.259 e. The molecular formula is C16H17NO2. The number of anilines is 1. The summed E-state index contributed by atoms with van der Waals surface area (Å²) in [6.07, 6.45) is 0. The van der Waals surface area contributed by atoms with E-state index in [4.69, 9.17) is 0 Å². The second-order valence-corrected chi connectivity index (χ2v) is 4.80. The molecule has 0 radical (unpaired) electrons. The minimum atomic E-state index is -0.300. The molecule has 19 heavy (non-hydrogen) atoms. The van der Waals surface area contributed by atoms with E-state index >= 15 is 0 Å². The van der Waals surface area contributed by atoms with E-state index in [0.717, 1.165) is 16.8 Å². The molecule has 1 amide bonds. The molecule has 0 spiro atoms. The van der Waals surface area contributed by atoms with Gasteiger partial charge in [0, 0.05) is 5.69 Å². The highest BCUT2D eigenvalue weighted by Crippen LogP contribution is 2.23. The van der Waals surface area contributed by atoms with E-state index in [1.807, 2.05) is 32.0 Å². The largest absolute Gasteiger partial charge is 0.507 e. The number of phenolic OH excluding ortho intramolecular Hbond substituents is 1. The molecule has 2 aromatic carbocycles. The van der Waals surface area contributed by atoms with E-state index < -0.39 is 0 Å². The minimum absolute atomic E-state index is 0.0318. The first-order chi connectivity index (χ1) is 8.97. The number of benzene rings is 2. The summed E-state index contributed by atoms with van der Waals surface area (Å²) in [6, 6.07) is 11.0. The van der Waals surface area contributed by atoms with Crippen molar-refractivity contribution in [2.24, 2.45) is 0 Å². The Balaban J connectivity index is 2.28. The molecule has 2 aromatic rings. The Morgan fingerprint density at radius 3 is 2.32 bits per heavy atom. The van der Waals surface area contributed by atoms with Crippen LogP contribution in [0.25, 0.3) is 0 Å². The predicted molar refractivity (Wildman–Crippen MR) is 76.7 cm³/mol. The number of amides is 1. The number of phenols is 1. The van der Waals surface area contributed by atoms with Crippen LogP contribution in [-0.4, -0.2) is 11.0 Å². The molecule has 2 rings (SSSR count). The number of rotatable bonds is 2. The maximum atomic E-state index is 12.1. The highest BCUT2D eigenvalue weighted by Gasteiger charge is 2.12. The molecule has 0 saturated carbocycles. The van der Waals surface area contributed by atoms with Gasteiger partial charge in [-0.3, -0.25) is 4.79 Å². The molecule has 0 unspecified atom stereocenters. The van der Waals surface area contributed by atoms with Gasteiger partial charge in [-0.25, -0.2) is 0 Å². The number of carbonyl (C=O) groups excluding carboxylic acids is 1. The zero-order valence-electron chi connectivity index (χ0n) is 11.3. The van der Waals surface area contributed by atoms with E-state index in [-0.39, 0.29) is 11.7 Å². The SMILES string of the molecule is Cc1cc(C)cc(NC(=O)c2cccc(C)c2O)c1. The Bertz CT molecular complexity index is 612. The van der Waals surface area contributed by atoms with Crippen LogP contribution in [0.5, 0.6) is 5.75 Å². The summed E-state index contributed by atoms with van der Waals surface area (Å²) in [6.45, 7) is 5.72. The van der Waals surface area contributed by atoms with Crippen LogP contribution < -0.4 is 5.32 Å². The van der Waals surface area contributed by atoms with Gasteiger partial charge in [0.2, 0.25) is 0 Å². The molecule has 0 bridgehead atoms. The number of aromatic hydroxyl groups is 1. The summed E-state index contributed by atoms with van der Waals surface area (Å²) < 4.78 is 0. The molecule has 0 aliphatic heterocycles. The fourth-order valence-corrected chi connectivity index (χ4v) is 2.09. The van der Waals surface area contributed by atoms with Gasteiger partial charge < -0.3 is 10.4 Å². The van der Waals surface area contributed by atoms with Gasteiger partial charge in [-0.2, -0.15) is 0 Å². The Morgan fingerprint density at radius 1 is 1.05 bits per heavy atom. The summed E-state index contributed by atoms with van der Waals surface area (Å²) in [5.41, 5.74) is 3.89. The molecule has 3 nitrogen and oxygen atoms in total. The van der Waals surface area contributed by atoms with Crippen molar-refractivity contribution in [2.45, 2.75) is 20.8 Å². The number of aryl methyl sites for hydroxylation is 3. The Kier molecular flexibility index (Phi) is 3.56. The normalized spacial score (nSPS) is 10.3. The van der Waals surface area contributed by atoms with Crippen molar-refractivity contribution in [2.75, 3.05) is 5.32 Å². The van der Waals surface area contributed by atoms with Crippen LogP contribution in [0.1, 0.15) is 27.0 Å². The molecule has 2 N–H and O–H groups in total. The summed E-state index contributed by atoms with van der Waals surface area (Å²) in [7, 11) is 0. The van der Waals surface area contributed by atoms with E-state index in [9.17, 15) is 9.90 Å². The van der Waals surface area contributed by atoms with Gasteiger partial charge in [0.15, 0.2) is 0 Å². The van der Waals surface area contributed by atoms with Crippen molar-refractivity contribution in [1.82, 2.24) is 0 Å². The Morgan fingerprint density at radius 2 is 1.68 bits per heavy atom. The van der Waals surface area contributed by atoms with Gasteiger partial charge >= 0.3 is 0 Å². The van der Waals surface area contributed by atoms with E-state index in [0.29, 0.717) is 11.1 Å². The minimum Gasteiger partial charge on any atom is -0.507 e. The maximum Gasteiger partial charge on any atom is 0.259 e. The Labute approximate surface area is 112 Å². The van der Waals surface area contributed by atoms with Crippen LogP contribution >= 0.6 is 0 Å². The standard InChI is InChI=1S/C16H17NO2/c1-10-7-11(2)9-13(8-10)17-16(19)14-6-4-5-12(3)15(14)18/h4-9,18H,1-3H3,(H,17,19). The highest BCUT2D eigenvalue weighted by molar-refractivity contribution is 6.06. The molecule has 0 aromatic heterocycles. The van der Waals surface area contributed by atoms with Gasteiger partial charge in [-0.15, -0.1) is 0 Å². The summed E-state index contributed by atoms with van der Waals surface area (Å²) in [5.74, 6) is -0.268. The summed E-state index contributed by atoms with van der Waals surface area (Å²) >= 11 is 0. The lowest BCUT2D eigenvalue weighted by atomic mass is 10.1. The monoisotopic (exact) mass is 255 g/mol. The lowest BCUT2D eigenvalue weighted by Crippen LogP contribution is -2.12. The number of hydrogen-bond donors (Lipinski definition) is 2. The van der Waals surface area contributed by atoms with Gasteiger partial charge in [0.05, 0.1) is 5.56 Å². The average Bonchev–Trinajstić information content (AvgIpc) is 2.31. The molecule has 0 aliphatic carbocycles. The first kappa shape index (κ1) is 13.1. The van der Waals surface area contributed by atoms with Crippen molar-refractivity contribution in [3.05, 3.63) is 58.7 Å². The fraction of sp³-hybridized carbons (Fsp3) is 0.188. The van der Waals surface area contributed by atoms with Gasteiger partial charge in [-0.05, 0) is 55.7 Å². The third-order valence-corrected chi connectivity index (χ3v) is 2.96. The zero-order chi connectivity index (χ0) is 14.0. The van der Waals surface area contributed by atoms with Crippen molar-refractivity contribution >= 4 is 11.6 Å². The number of hydrogen-bond acceptors (Lipinski definition) is 2. The van der Waals surface area contributed by atoms with Crippen LogP contribution in [0.4, 0.5) is 5.69 Å². The lowest BCUT2D eigenvalue weighted by Gasteiger charge is -2.09. The third-order valence-electron chi connectivity index (χ3n) is 2.96. The molecule has 0 fully saturated rings. The highest BCUT2D eigenvalue weighted by atomic mass is 16.3. The average molecular weight is 255 g/mol. The molecule has 0 aliphatic rings. The number of nitrogens with one attached hydrogen (secondary N) is 1. The van der Waals surface area contributed by atoms with Gasteiger partial charge in [-0.1, -0.05) is 18.2 Å². The molecule has 0 saturated heterocycles. The van der Waals surface area contributed by atoms with Crippen LogP contribution in [0.3, 0.4) is 0 Å². The van der Waals surface area contributed by atoms with E-state index in [2.05, 4.69) is 5.32 Å². The second kappa shape index (κ2) is 5.14. The van der Waals surface area contributed by atoms with Crippen LogP contribution in [-0.2, 0) is 0 Å². The quantitative estimate of drug-likeness (QED) is 0.861. The second-order valence-electron chi connectivity index (χ2n) is 4.80. The maximum absolute atomic E-state index is 12.1. The van der Waals surface area contributed by atoms with E-state index in [1.165, 1.54) is 0 Å². The number of carbonyl (C=O) groups is 1. The van der Waals surface area contributed by atoms with Gasteiger partial charge in [0.1, 0.15) is 5.75 Å². The van der Waals surface area contributed by atoms with Crippen LogP contribution in [0.15, 0.2) is 36.4 Å². The van der Waals surface area contributed by atoms with Crippen molar-refractivity contribution in [1.29, 1.82) is 0 Å². The van der Waals surface area contributed by atoms with Crippen molar-refractivity contribution < 1.29 is 9.90 Å². The topological polar surface area (TPSA) is 49.3 Å². The van der Waals surface area contributed by atoms with Crippen molar-refractivity contribution in [3.63, 3.8) is 0 Å². The van der Waals surface area contributed by atoms with Crippen LogP contribution in [0.2, 0.25) is 0 Å². The summed E-state index contributed by atoms with van der Waals surface area (Å²) in [5, 5.41) is 12.7. The lowest BCUT2D eigenvalue weighted by molar-refractivity contribution is 0.102. The first-order valence-corrected chi connectivity index (χ1v) is 6.15. The molecule has 3 heteroatoms. The Hall–Kier alpha value is -2.29. The first-order valence-electron chi connectivity index (χ1n) is 6.15. The predicted octanol–water partition coefficient (Wildman–Crippen LogP) is 3.57. The molecular weight excluding hydrogens is 238 g/mol. The fourth-order valence-electron chi connectivity index (χ4n) is 2.09. The molecule has 98 valence electrons. The van der Waals surface area contributed by atoms with E-state index in [1.54, 1.807) is 25.1 Å². The molecule has 0 atom stereocenters.